The summed E-state index contributed by atoms with van der Waals surface area (Å²) in [7, 11) is 0. The van der Waals surface area contributed by atoms with E-state index < -0.39 is 5.79 Å². The zero-order valence-corrected chi connectivity index (χ0v) is 9.56. The fourth-order valence-electron chi connectivity index (χ4n) is 1.88. The van der Waals surface area contributed by atoms with Gasteiger partial charge in [0.1, 0.15) is 0 Å². The van der Waals surface area contributed by atoms with Crippen LogP contribution in [0.15, 0.2) is 30.3 Å². The van der Waals surface area contributed by atoms with E-state index in [0.29, 0.717) is 0 Å². The molecule has 0 radical (unpaired) electrons. The van der Waals surface area contributed by atoms with Gasteiger partial charge in [0.25, 0.3) is 0 Å². The summed E-state index contributed by atoms with van der Waals surface area (Å²) in [5.74, 6) is -1.27. The quantitative estimate of drug-likeness (QED) is 0.798. The van der Waals surface area contributed by atoms with Crippen LogP contribution in [0.3, 0.4) is 0 Å². The summed E-state index contributed by atoms with van der Waals surface area (Å²) in [5.41, 5.74) is 0.754. The molecule has 16 heavy (non-hydrogen) atoms. The minimum atomic E-state index is -1.27. The normalized spacial score (nSPS) is 25.0. The highest BCUT2D eigenvalue weighted by Gasteiger charge is 2.29. The van der Waals surface area contributed by atoms with E-state index in [9.17, 15) is 5.11 Å². The molecule has 1 fully saturated rings. The van der Waals surface area contributed by atoms with Crippen LogP contribution in [0, 0.1) is 0 Å². The summed E-state index contributed by atoms with van der Waals surface area (Å²) in [5, 5.41) is 10.2. The van der Waals surface area contributed by atoms with E-state index in [1.807, 2.05) is 30.3 Å². The van der Waals surface area contributed by atoms with Crippen LogP contribution >= 0.6 is 0 Å². The van der Waals surface area contributed by atoms with E-state index >= 15 is 0 Å². The Hall–Kier alpha value is -0.900. The molecule has 3 heteroatoms. The Morgan fingerprint density at radius 3 is 2.69 bits per heavy atom. The molecular formula is C13H18O3. The Bertz CT molecular complexity index is 315. The van der Waals surface area contributed by atoms with Crippen molar-refractivity contribution in [2.45, 2.75) is 38.3 Å². The molecule has 0 aliphatic carbocycles. The van der Waals surface area contributed by atoms with E-state index in [2.05, 4.69) is 0 Å². The van der Waals surface area contributed by atoms with Crippen molar-refractivity contribution in [3.05, 3.63) is 35.9 Å². The summed E-state index contributed by atoms with van der Waals surface area (Å²) in [6, 6.07) is 9.38. The van der Waals surface area contributed by atoms with E-state index in [0.717, 1.165) is 31.4 Å². The second kappa shape index (κ2) is 4.95. The number of hydrogen-bond acceptors (Lipinski definition) is 3. The number of hydrogen-bond donors (Lipinski definition) is 1. The van der Waals surface area contributed by atoms with Gasteiger partial charge in [-0.15, -0.1) is 0 Å². The maximum Gasteiger partial charge on any atom is 0.192 e. The van der Waals surface area contributed by atoms with Crippen LogP contribution in [-0.2, 0) is 15.3 Å². The minimum absolute atomic E-state index is 0.288. The van der Waals surface area contributed by atoms with Gasteiger partial charge in [-0.25, -0.2) is 0 Å². The van der Waals surface area contributed by atoms with Crippen molar-refractivity contribution in [1.29, 1.82) is 0 Å². The van der Waals surface area contributed by atoms with Gasteiger partial charge >= 0.3 is 0 Å². The van der Waals surface area contributed by atoms with Crippen molar-refractivity contribution in [3.8, 4) is 0 Å². The maximum absolute atomic E-state index is 10.2. The Labute approximate surface area is 96.0 Å². The second-order valence-corrected chi connectivity index (χ2v) is 4.26. The van der Waals surface area contributed by atoms with Crippen LogP contribution in [0.2, 0.25) is 0 Å². The average Bonchev–Trinajstić information content (AvgIpc) is 2.31. The molecule has 1 unspecified atom stereocenters. The van der Waals surface area contributed by atoms with Gasteiger partial charge in [0.2, 0.25) is 0 Å². The standard InChI is InChI=1S/C13H18O3/c1-13(14,11-7-3-2-4-8-11)16-12-9-5-6-10-15-12/h2-4,7-8,12,14H,5-6,9-10H2,1H3/t12-,13?/m1/s1. The second-order valence-electron chi connectivity index (χ2n) is 4.26. The predicted molar refractivity (Wildman–Crippen MR) is 60.7 cm³/mol. The van der Waals surface area contributed by atoms with E-state index in [4.69, 9.17) is 9.47 Å². The molecule has 0 spiro atoms. The lowest BCUT2D eigenvalue weighted by Crippen LogP contribution is -2.34. The van der Waals surface area contributed by atoms with Crippen molar-refractivity contribution in [2.24, 2.45) is 0 Å². The van der Waals surface area contributed by atoms with E-state index in [1.54, 1.807) is 6.92 Å². The smallest absolute Gasteiger partial charge is 0.192 e. The van der Waals surface area contributed by atoms with Gasteiger partial charge in [0, 0.05) is 12.2 Å². The Morgan fingerprint density at radius 2 is 2.06 bits per heavy atom. The van der Waals surface area contributed by atoms with E-state index in [1.165, 1.54) is 0 Å². The molecule has 88 valence electrons. The molecule has 1 aromatic carbocycles. The lowest BCUT2D eigenvalue weighted by Gasteiger charge is -2.31. The predicted octanol–water partition coefficient (Wildman–Crippen LogP) is 2.39. The molecule has 1 aliphatic heterocycles. The molecule has 1 aromatic rings. The van der Waals surface area contributed by atoms with Crippen molar-refractivity contribution in [2.75, 3.05) is 6.61 Å². The van der Waals surface area contributed by atoms with Gasteiger partial charge in [-0.05, 0) is 26.2 Å². The third-order valence-corrected chi connectivity index (χ3v) is 2.81. The Balaban J connectivity index is 2.01. The van der Waals surface area contributed by atoms with Gasteiger partial charge in [0.05, 0.1) is 0 Å². The van der Waals surface area contributed by atoms with Crippen molar-refractivity contribution >= 4 is 0 Å². The Kier molecular flexibility index (Phi) is 3.59. The molecule has 0 aromatic heterocycles. The van der Waals surface area contributed by atoms with Gasteiger partial charge in [-0.2, -0.15) is 0 Å². The van der Waals surface area contributed by atoms with E-state index in [-0.39, 0.29) is 6.29 Å². The lowest BCUT2D eigenvalue weighted by molar-refractivity contribution is -0.298. The molecule has 0 amide bonds. The van der Waals surface area contributed by atoms with Crippen LogP contribution in [0.1, 0.15) is 31.7 Å². The highest BCUT2D eigenvalue weighted by Crippen LogP contribution is 2.26. The lowest BCUT2D eigenvalue weighted by atomic mass is 10.1. The highest BCUT2D eigenvalue weighted by atomic mass is 16.7. The maximum atomic E-state index is 10.2. The van der Waals surface area contributed by atoms with Gasteiger partial charge < -0.3 is 14.6 Å². The van der Waals surface area contributed by atoms with Crippen LogP contribution in [0.5, 0.6) is 0 Å². The molecule has 1 N–H and O–H groups in total. The first-order valence-corrected chi connectivity index (χ1v) is 5.76. The summed E-state index contributed by atoms with van der Waals surface area (Å²) in [6.07, 6.45) is 2.73. The van der Waals surface area contributed by atoms with Crippen LogP contribution in [0.25, 0.3) is 0 Å². The van der Waals surface area contributed by atoms with Crippen molar-refractivity contribution in [3.63, 3.8) is 0 Å². The molecule has 0 saturated carbocycles. The summed E-state index contributed by atoms with van der Waals surface area (Å²) >= 11 is 0. The molecule has 2 rings (SSSR count). The molecule has 2 atom stereocenters. The Morgan fingerprint density at radius 1 is 1.31 bits per heavy atom. The summed E-state index contributed by atoms with van der Waals surface area (Å²) < 4.78 is 11.1. The first-order chi connectivity index (χ1) is 7.68. The molecule has 0 bridgehead atoms. The number of ether oxygens (including phenoxy) is 2. The fraction of sp³-hybridized carbons (Fsp3) is 0.538. The van der Waals surface area contributed by atoms with Crippen molar-refractivity contribution in [1.82, 2.24) is 0 Å². The third-order valence-electron chi connectivity index (χ3n) is 2.81. The summed E-state index contributed by atoms with van der Waals surface area (Å²) in [4.78, 5) is 0. The fourth-order valence-corrected chi connectivity index (χ4v) is 1.88. The van der Waals surface area contributed by atoms with Gasteiger partial charge in [-0.1, -0.05) is 30.3 Å². The van der Waals surface area contributed by atoms with Crippen molar-refractivity contribution < 1.29 is 14.6 Å². The molecule has 1 saturated heterocycles. The summed E-state index contributed by atoms with van der Waals surface area (Å²) in [6.45, 7) is 2.37. The highest BCUT2D eigenvalue weighted by molar-refractivity contribution is 5.19. The minimum Gasteiger partial charge on any atom is -0.362 e. The third kappa shape index (κ3) is 2.82. The first-order valence-electron chi connectivity index (χ1n) is 5.76. The average molecular weight is 222 g/mol. The van der Waals surface area contributed by atoms with Crippen LogP contribution in [-0.4, -0.2) is 18.0 Å². The number of aliphatic hydroxyl groups is 1. The van der Waals surface area contributed by atoms with Crippen LogP contribution in [0.4, 0.5) is 0 Å². The van der Waals surface area contributed by atoms with Gasteiger partial charge in [0.15, 0.2) is 12.1 Å². The molecule has 1 aliphatic rings. The molecular weight excluding hydrogens is 204 g/mol. The molecule has 3 nitrogen and oxygen atoms in total. The molecule has 1 heterocycles. The van der Waals surface area contributed by atoms with Crippen LogP contribution < -0.4 is 0 Å². The SMILES string of the molecule is CC(O)(O[C@@H]1CCCCO1)c1ccccc1. The monoisotopic (exact) mass is 222 g/mol. The zero-order valence-electron chi connectivity index (χ0n) is 9.56. The number of benzene rings is 1. The first kappa shape index (κ1) is 11.6. The largest absolute Gasteiger partial charge is 0.362 e. The number of rotatable bonds is 3. The zero-order chi connectivity index (χ0) is 11.4. The topological polar surface area (TPSA) is 38.7 Å². The van der Waals surface area contributed by atoms with Gasteiger partial charge in [-0.3, -0.25) is 0 Å².